The minimum atomic E-state index is -0.0764. The molecule has 2 aromatic rings. The van der Waals surface area contributed by atoms with Crippen molar-refractivity contribution >= 4 is 17.5 Å². The van der Waals surface area contributed by atoms with Gasteiger partial charge in [0.2, 0.25) is 0 Å². The van der Waals surface area contributed by atoms with E-state index in [9.17, 15) is 4.79 Å². The van der Waals surface area contributed by atoms with Crippen LogP contribution in [0.15, 0.2) is 24.3 Å². The molecule has 0 N–H and O–H groups in total. The van der Waals surface area contributed by atoms with Crippen LogP contribution in [0.1, 0.15) is 58.2 Å². The molecule has 0 amide bonds. The van der Waals surface area contributed by atoms with E-state index in [1.54, 1.807) is 12.1 Å². The number of carbonyl (C=O) groups is 1. The van der Waals surface area contributed by atoms with Gasteiger partial charge in [0.25, 0.3) is 5.91 Å². The Bertz CT molecular complexity index is 728. The molecule has 1 aromatic heterocycles. The SMILES string of the molecule is CCCC[C@@H](CC)C(=O)n1nc(OCC(C)C)nc1-c1cccc(Cl)c1. The summed E-state index contributed by atoms with van der Waals surface area (Å²) in [4.78, 5) is 17.5. The molecule has 0 fully saturated rings. The molecule has 0 aliphatic rings. The second kappa shape index (κ2) is 9.72. The quantitative estimate of drug-likeness (QED) is 0.579. The van der Waals surface area contributed by atoms with Gasteiger partial charge in [0.15, 0.2) is 5.82 Å². The number of benzene rings is 1. The maximum Gasteiger partial charge on any atom is 0.336 e. The Morgan fingerprint density at radius 3 is 2.69 bits per heavy atom. The molecule has 0 radical (unpaired) electrons. The molecular formula is C20H28ClN3O2. The lowest BCUT2D eigenvalue weighted by atomic mass is 9.98. The van der Waals surface area contributed by atoms with Crippen LogP contribution < -0.4 is 4.74 Å². The second-order valence-corrected chi connectivity index (χ2v) is 7.37. The minimum absolute atomic E-state index is 0.0391. The fourth-order valence-electron chi connectivity index (χ4n) is 2.69. The second-order valence-electron chi connectivity index (χ2n) is 6.93. The number of nitrogens with zero attached hydrogens (tertiary/aromatic N) is 3. The number of unbranched alkanes of at least 4 members (excludes halogenated alkanes) is 1. The average Bonchev–Trinajstić information content (AvgIpc) is 3.04. The van der Waals surface area contributed by atoms with Gasteiger partial charge in [0, 0.05) is 16.5 Å². The van der Waals surface area contributed by atoms with Gasteiger partial charge in [-0.3, -0.25) is 4.79 Å². The van der Waals surface area contributed by atoms with Gasteiger partial charge in [-0.25, -0.2) is 0 Å². The van der Waals surface area contributed by atoms with Gasteiger partial charge >= 0.3 is 6.01 Å². The average molecular weight is 378 g/mol. The summed E-state index contributed by atoms with van der Waals surface area (Å²) in [6, 6.07) is 7.52. The first-order valence-electron chi connectivity index (χ1n) is 9.36. The van der Waals surface area contributed by atoms with Crippen molar-refractivity contribution in [3.63, 3.8) is 0 Å². The highest BCUT2D eigenvalue weighted by Gasteiger charge is 2.24. The Balaban J connectivity index is 2.39. The predicted molar refractivity (Wildman–Crippen MR) is 105 cm³/mol. The number of ether oxygens (including phenoxy) is 1. The summed E-state index contributed by atoms with van der Waals surface area (Å²) in [7, 11) is 0. The monoisotopic (exact) mass is 377 g/mol. The van der Waals surface area contributed by atoms with Crippen LogP contribution in [0.2, 0.25) is 5.02 Å². The number of carbonyl (C=O) groups excluding carboxylic acids is 1. The lowest BCUT2D eigenvalue weighted by Gasteiger charge is -2.14. The maximum atomic E-state index is 13.1. The molecule has 1 aromatic carbocycles. The Kier molecular flexibility index (Phi) is 7.64. The largest absolute Gasteiger partial charge is 0.462 e. The smallest absolute Gasteiger partial charge is 0.336 e. The van der Waals surface area contributed by atoms with Crippen LogP contribution in [0.5, 0.6) is 6.01 Å². The van der Waals surface area contributed by atoms with Gasteiger partial charge in [-0.15, -0.1) is 5.10 Å². The third-order valence-corrected chi connectivity index (χ3v) is 4.41. The van der Waals surface area contributed by atoms with Crippen LogP contribution in [-0.4, -0.2) is 27.3 Å². The molecule has 0 unspecified atom stereocenters. The molecule has 0 saturated heterocycles. The van der Waals surface area contributed by atoms with Crippen LogP contribution in [0, 0.1) is 11.8 Å². The molecule has 5 nitrogen and oxygen atoms in total. The highest BCUT2D eigenvalue weighted by atomic mass is 35.5. The third kappa shape index (κ3) is 5.31. The zero-order valence-electron chi connectivity index (χ0n) is 16.0. The molecular weight excluding hydrogens is 350 g/mol. The van der Waals surface area contributed by atoms with Crippen molar-refractivity contribution < 1.29 is 9.53 Å². The number of hydrogen-bond donors (Lipinski definition) is 0. The van der Waals surface area contributed by atoms with Crippen LogP contribution in [-0.2, 0) is 0 Å². The normalized spacial score (nSPS) is 12.4. The first kappa shape index (κ1) is 20.4. The number of halogens is 1. The van der Waals surface area contributed by atoms with Gasteiger partial charge in [0.1, 0.15) is 0 Å². The summed E-state index contributed by atoms with van der Waals surface area (Å²) < 4.78 is 7.05. The van der Waals surface area contributed by atoms with Crippen molar-refractivity contribution in [1.82, 2.24) is 14.8 Å². The summed E-state index contributed by atoms with van der Waals surface area (Å²) in [5, 5.41) is 4.95. The van der Waals surface area contributed by atoms with E-state index in [1.165, 1.54) is 4.68 Å². The Morgan fingerprint density at radius 1 is 1.31 bits per heavy atom. The molecule has 0 bridgehead atoms. The van der Waals surface area contributed by atoms with Crippen LogP contribution in [0.3, 0.4) is 0 Å². The summed E-state index contributed by atoms with van der Waals surface area (Å²) in [6.45, 7) is 8.77. The van der Waals surface area contributed by atoms with Crippen molar-refractivity contribution in [2.45, 2.75) is 53.4 Å². The lowest BCUT2D eigenvalue weighted by Crippen LogP contribution is -2.23. The van der Waals surface area contributed by atoms with Crippen LogP contribution >= 0.6 is 11.6 Å². The Labute approximate surface area is 160 Å². The van der Waals surface area contributed by atoms with E-state index in [-0.39, 0.29) is 17.8 Å². The zero-order valence-corrected chi connectivity index (χ0v) is 16.8. The van der Waals surface area contributed by atoms with Crippen molar-refractivity contribution in [3.05, 3.63) is 29.3 Å². The fraction of sp³-hybridized carbons (Fsp3) is 0.550. The molecule has 0 aliphatic heterocycles. The molecule has 0 aliphatic carbocycles. The first-order valence-corrected chi connectivity index (χ1v) is 9.74. The first-order chi connectivity index (χ1) is 12.5. The zero-order chi connectivity index (χ0) is 19.1. The molecule has 0 saturated carbocycles. The lowest BCUT2D eigenvalue weighted by molar-refractivity contribution is 0.0804. The highest BCUT2D eigenvalue weighted by molar-refractivity contribution is 6.30. The van der Waals surface area contributed by atoms with E-state index >= 15 is 0 Å². The van der Waals surface area contributed by atoms with Crippen molar-refractivity contribution in [2.75, 3.05) is 6.61 Å². The predicted octanol–water partition coefficient (Wildman–Crippen LogP) is 5.49. The topological polar surface area (TPSA) is 57.0 Å². The van der Waals surface area contributed by atoms with Crippen LogP contribution in [0.25, 0.3) is 11.4 Å². The van der Waals surface area contributed by atoms with Gasteiger partial charge in [-0.05, 0) is 30.9 Å². The Hall–Kier alpha value is -1.88. The van der Waals surface area contributed by atoms with E-state index < -0.39 is 0 Å². The van der Waals surface area contributed by atoms with Gasteiger partial charge in [-0.2, -0.15) is 9.67 Å². The summed E-state index contributed by atoms with van der Waals surface area (Å²) in [5.74, 6) is 0.710. The number of hydrogen-bond acceptors (Lipinski definition) is 4. The van der Waals surface area contributed by atoms with Crippen molar-refractivity contribution in [2.24, 2.45) is 11.8 Å². The molecule has 142 valence electrons. The standard InChI is InChI=1S/C20H28ClN3O2/c1-5-7-9-15(6-2)19(25)24-18(16-10-8-11-17(21)12-16)22-20(23-24)26-13-14(3)4/h8,10-12,14-15H,5-7,9,13H2,1-4H3/t15-/m1/s1. The van der Waals surface area contributed by atoms with E-state index in [0.717, 1.165) is 31.2 Å². The van der Waals surface area contributed by atoms with E-state index in [2.05, 4.69) is 30.9 Å². The molecule has 6 heteroatoms. The molecule has 26 heavy (non-hydrogen) atoms. The van der Waals surface area contributed by atoms with Crippen LogP contribution in [0.4, 0.5) is 0 Å². The molecule has 2 rings (SSSR count). The maximum absolute atomic E-state index is 13.1. The minimum Gasteiger partial charge on any atom is -0.462 e. The number of rotatable bonds is 9. The summed E-state index contributed by atoms with van der Waals surface area (Å²) in [5.41, 5.74) is 0.753. The fourth-order valence-corrected chi connectivity index (χ4v) is 2.88. The highest BCUT2D eigenvalue weighted by Crippen LogP contribution is 2.25. The van der Waals surface area contributed by atoms with E-state index in [0.29, 0.717) is 23.4 Å². The third-order valence-electron chi connectivity index (χ3n) is 4.17. The van der Waals surface area contributed by atoms with Gasteiger partial charge < -0.3 is 4.74 Å². The summed E-state index contributed by atoms with van der Waals surface area (Å²) in [6.07, 6.45) is 3.70. The van der Waals surface area contributed by atoms with Gasteiger partial charge in [0.05, 0.1) is 6.61 Å². The molecule has 0 spiro atoms. The molecule has 1 atom stereocenters. The number of aromatic nitrogens is 3. The van der Waals surface area contributed by atoms with Gasteiger partial charge in [-0.1, -0.05) is 64.3 Å². The van der Waals surface area contributed by atoms with Crippen molar-refractivity contribution in [1.29, 1.82) is 0 Å². The van der Waals surface area contributed by atoms with Crippen molar-refractivity contribution in [3.8, 4) is 17.4 Å². The van der Waals surface area contributed by atoms with E-state index in [4.69, 9.17) is 16.3 Å². The summed E-state index contributed by atoms with van der Waals surface area (Å²) >= 11 is 6.12. The molecule has 1 heterocycles. The Morgan fingerprint density at radius 2 is 2.08 bits per heavy atom. The van der Waals surface area contributed by atoms with E-state index in [1.807, 2.05) is 19.1 Å².